The van der Waals surface area contributed by atoms with E-state index in [0.29, 0.717) is 36.8 Å². The summed E-state index contributed by atoms with van der Waals surface area (Å²) >= 11 is 0. The smallest absolute Gasteiger partial charge is 0.365 e. The minimum Gasteiger partial charge on any atom is -0.365 e. The Labute approximate surface area is 160 Å². The summed E-state index contributed by atoms with van der Waals surface area (Å²) in [7, 11) is 0. The first-order chi connectivity index (χ1) is 13.4. The van der Waals surface area contributed by atoms with E-state index in [2.05, 4.69) is 0 Å². The fourth-order valence-corrected chi connectivity index (χ4v) is 3.20. The lowest BCUT2D eigenvalue weighted by molar-refractivity contribution is -0.165. The van der Waals surface area contributed by atoms with E-state index >= 15 is 0 Å². The van der Waals surface area contributed by atoms with E-state index in [0.717, 1.165) is 6.20 Å². The second-order valence-corrected chi connectivity index (χ2v) is 6.42. The Balaban J connectivity index is 1.88. The molecule has 0 saturated carbocycles. The number of benzene rings is 2. The highest BCUT2D eigenvalue weighted by atomic mass is 19.4. The number of ketones is 1. The molecule has 1 aliphatic heterocycles. The lowest BCUT2D eigenvalue weighted by atomic mass is 10.1. The van der Waals surface area contributed by atoms with Crippen LogP contribution in [0.3, 0.4) is 0 Å². The molecule has 7 heteroatoms. The summed E-state index contributed by atoms with van der Waals surface area (Å²) in [4.78, 5) is 27.5. The molecule has 0 radical (unpaired) electrons. The summed E-state index contributed by atoms with van der Waals surface area (Å²) in [6.45, 7) is 0.412. The van der Waals surface area contributed by atoms with Gasteiger partial charge in [-0.15, -0.1) is 0 Å². The van der Waals surface area contributed by atoms with Crippen molar-refractivity contribution in [2.45, 2.75) is 25.1 Å². The van der Waals surface area contributed by atoms with Crippen LogP contribution in [0.1, 0.15) is 12.8 Å². The van der Waals surface area contributed by atoms with Gasteiger partial charge in [0.05, 0.1) is 0 Å². The van der Waals surface area contributed by atoms with Crippen LogP contribution in [0.4, 0.5) is 24.5 Å². The van der Waals surface area contributed by atoms with Crippen LogP contribution < -0.4 is 4.90 Å². The Bertz CT molecular complexity index is 811. The first-order valence-electron chi connectivity index (χ1n) is 8.87. The largest absolute Gasteiger partial charge is 0.454 e. The molecule has 1 fully saturated rings. The standard InChI is InChI=1S/C21H19F3N2O2/c22-21(23,24)19(27)13-15-25-14-7-12-18(25)20(28)26(16-8-3-1-4-9-16)17-10-5-2-6-11-17/h1-6,8-11,13,15,18H,7,12,14H2/b15-13+. The van der Waals surface area contributed by atoms with Crippen molar-refractivity contribution in [3.63, 3.8) is 0 Å². The summed E-state index contributed by atoms with van der Waals surface area (Å²) in [6, 6.07) is 17.5. The molecule has 4 nitrogen and oxygen atoms in total. The number of nitrogens with zero attached hydrogens (tertiary/aromatic N) is 2. The van der Waals surface area contributed by atoms with Crippen LogP contribution in [0.2, 0.25) is 0 Å². The number of allylic oxidation sites excluding steroid dienone is 1. The molecule has 0 aliphatic carbocycles. The molecule has 1 saturated heterocycles. The zero-order valence-electron chi connectivity index (χ0n) is 15.0. The van der Waals surface area contributed by atoms with Crippen molar-refractivity contribution in [2.24, 2.45) is 0 Å². The van der Waals surface area contributed by atoms with Crippen LogP contribution in [0.25, 0.3) is 0 Å². The first kappa shape index (κ1) is 19.7. The van der Waals surface area contributed by atoms with Crippen molar-refractivity contribution >= 4 is 23.1 Å². The molecule has 1 unspecified atom stereocenters. The fourth-order valence-electron chi connectivity index (χ4n) is 3.20. The average molecular weight is 388 g/mol. The highest BCUT2D eigenvalue weighted by molar-refractivity contribution is 6.03. The zero-order valence-corrected chi connectivity index (χ0v) is 15.0. The molecule has 1 amide bonds. The van der Waals surface area contributed by atoms with Gasteiger partial charge >= 0.3 is 6.18 Å². The van der Waals surface area contributed by atoms with Crippen molar-refractivity contribution < 1.29 is 22.8 Å². The number of carbonyl (C=O) groups excluding carboxylic acids is 2. The fraction of sp³-hybridized carbons (Fsp3) is 0.238. The predicted octanol–water partition coefficient (Wildman–Crippen LogP) is 4.46. The zero-order chi connectivity index (χ0) is 20.1. The molecule has 0 spiro atoms. The van der Waals surface area contributed by atoms with Crippen molar-refractivity contribution in [1.29, 1.82) is 0 Å². The molecular formula is C21H19F3N2O2. The van der Waals surface area contributed by atoms with Gasteiger partial charge in [-0.25, -0.2) is 0 Å². The minimum absolute atomic E-state index is 0.251. The van der Waals surface area contributed by atoms with Gasteiger partial charge in [0.25, 0.3) is 11.7 Å². The molecule has 146 valence electrons. The number of amides is 1. The van der Waals surface area contributed by atoms with Crippen molar-refractivity contribution in [3.05, 3.63) is 72.9 Å². The van der Waals surface area contributed by atoms with Crippen molar-refractivity contribution in [1.82, 2.24) is 4.90 Å². The van der Waals surface area contributed by atoms with E-state index in [-0.39, 0.29) is 5.91 Å². The lowest BCUT2D eigenvalue weighted by Gasteiger charge is -2.30. The van der Waals surface area contributed by atoms with E-state index in [1.54, 1.807) is 29.2 Å². The third kappa shape index (κ3) is 4.42. The van der Waals surface area contributed by atoms with E-state index in [1.165, 1.54) is 4.90 Å². The Hall–Kier alpha value is -3.09. The van der Waals surface area contributed by atoms with Crippen LogP contribution in [-0.2, 0) is 9.59 Å². The van der Waals surface area contributed by atoms with Crippen LogP contribution in [0, 0.1) is 0 Å². The average Bonchev–Trinajstić information content (AvgIpc) is 3.16. The predicted molar refractivity (Wildman–Crippen MR) is 100.0 cm³/mol. The molecular weight excluding hydrogens is 369 g/mol. The van der Waals surface area contributed by atoms with Crippen molar-refractivity contribution in [2.75, 3.05) is 11.4 Å². The Morgan fingerprint density at radius 1 is 0.964 bits per heavy atom. The summed E-state index contributed by atoms with van der Waals surface area (Å²) in [5, 5.41) is 0. The van der Waals surface area contributed by atoms with Crippen LogP contribution in [0.15, 0.2) is 72.9 Å². The maximum atomic E-state index is 13.3. The molecule has 1 heterocycles. The van der Waals surface area contributed by atoms with Crippen molar-refractivity contribution in [3.8, 4) is 0 Å². The number of alkyl halides is 3. The summed E-state index contributed by atoms with van der Waals surface area (Å²) in [5.41, 5.74) is 1.33. The summed E-state index contributed by atoms with van der Waals surface area (Å²) in [6.07, 6.45) is -2.20. The second-order valence-electron chi connectivity index (χ2n) is 6.42. The molecule has 1 atom stereocenters. The van der Waals surface area contributed by atoms with E-state index in [9.17, 15) is 22.8 Å². The SMILES string of the molecule is O=C(C1CCCN1/C=C/C(=O)C(F)(F)F)N(c1ccccc1)c1ccccc1. The molecule has 1 aliphatic rings. The summed E-state index contributed by atoms with van der Waals surface area (Å²) < 4.78 is 37.4. The number of hydrogen-bond donors (Lipinski definition) is 0. The second kappa shape index (κ2) is 8.29. The monoisotopic (exact) mass is 388 g/mol. The Morgan fingerprint density at radius 2 is 1.50 bits per heavy atom. The molecule has 3 rings (SSSR count). The molecule has 0 aromatic heterocycles. The number of para-hydroxylation sites is 2. The first-order valence-corrected chi connectivity index (χ1v) is 8.87. The van der Waals surface area contributed by atoms with Gasteiger partial charge in [-0.05, 0) is 37.1 Å². The minimum atomic E-state index is -4.92. The maximum Gasteiger partial charge on any atom is 0.454 e. The lowest BCUT2D eigenvalue weighted by Crippen LogP contribution is -2.42. The molecule has 0 N–H and O–H groups in total. The third-order valence-electron chi connectivity index (χ3n) is 4.53. The van der Waals surface area contributed by atoms with E-state index in [4.69, 9.17) is 0 Å². The Kier molecular flexibility index (Phi) is 5.82. The van der Waals surface area contributed by atoms with Gasteiger partial charge in [0, 0.05) is 30.2 Å². The maximum absolute atomic E-state index is 13.3. The molecule has 2 aromatic carbocycles. The molecule has 0 bridgehead atoms. The number of anilines is 2. The van der Waals surface area contributed by atoms with Gasteiger partial charge in [0.1, 0.15) is 6.04 Å². The number of hydrogen-bond acceptors (Lipinski definition) is 3. The number of carbonyl (C=O) groups is 2. The van der Waals surface area contributed by atoms with Gasteiger partial charge < -0.3 is 4.90 Å². The van der Waals surface area contributed by atoms with E-state index < -0.39 is 18.0 Å². The number of rotatable bonds is 5. The van der Waals surface area contributed by atoms with Crippen LogP contribution >= 0.6 is 0 Å². The highest BCUT2D eigenvalue weighted by Gasteiger charge is 2.37. The van der Waals surface area contributed by atoms with Gasteiger partial charge in [0.2, 0.25) is 0 Å². The highest BCUT2D eigenvalue weighted by Crippen LogP contribution is 2.30. The Morgan fingerprint density at radius 3 is 2.00 bits per heavy atom. The number of likely N-dealkylation sites (tertiary alicyclic amines) is 1. The quantitative estimate of drug-likeness (QED) is 0.710. The van der Waals surface area contributed by atoms with Gasteiger partial charge in [0.15, 0.2) is 0 Å². The van der Waals surface area contributed by atoms with Gasteiger partial charge in [-0.1, -0.05) is 36.4 Å². The number of halogens is 3. The van der Waals surface area contributed by atoms with Crippen LogP contribution in [-0.4, -0.2) is 35.4 Å². The molecule has 28 heavy (non-hydrogen) atoms. The van der Waals surface area contributed by atoms with Gasteiger partial charge in [-0.2, -0.15) is 13.2 Å². The molecule has 2 aromatic rings. The van der Waals surface area contributed by atoms with E-state index in [1.807, 2.05) is 36.4 Å². The topological polar surface area (TPSA) is 40.6 Å². The van der Waals surface area contributed by atoms with Gasteiger partial charge in [-0.3, -0.25) is 14.5 Å². The van der Waals surface area contributed by atoms with Crippen LogP contribution in [0.5, 0.6) is 0 Å². The third-order valence-corrected chi connectivity index (χ3v) is 4.53. The summed E-state index contributed by atoms with van der Waals surface area (Å²) in [5.74, 6) is -2.19. The normalized spacial score (nSPS) is 17.1.